The van der Waals surface area contributed by atoms with Gasteiger partial charge in [-0.15, -0.1) is 0 Å². The van der Waals surface area contributed by atoms with E-state index in [1.54, 1.807) is 6.07 Å². The fourth-order valence-corrected chi connectivity index (χ4v) is 1.41. The number of methoxy groups -OCH3 is 1. The van der Waals surface area contributed by atoms with E-state index in [1.807, 2.05) is 0 Å². The standard InChI is InChI=1S/C9H8BrFN2O2S/c1-15-9(14)13-8(16)12-7-3-2-5(10)4-6(7)11/h2-4H,1H3,(H2,12,13,14,16). The van der Waals surface area contributed by atoms with Gasteiger partial charge >= 0.3 is 6.09 Å². The second-order valence-electron chi connectivity index (χ2n) is 2.69. The van der Waals surface area contributed by atoms with Gasteiger partial charge in [0.15, 0.2) is 5.11 Å². The van der Waals surface area contributed by atoms with Gasteiger partial charge in [-0.3, -0.25) is 5.32 Å². The van der Waals surface area contributed by atoms with Crippen LogP contribution in [-0.4, -0.2) is 18.3 Å². The van der Waals surface area contributed by atoms with Crippen molar-refractivity contribution in [3.05, 3.63) is 28.5 Å². The van der Waals surface area contributed by atoms with Crippen LogP contribution in [0.15, 0.2) is 22.7 Å². The molecule has 0 saturated heterocycles. The molecule has 4 nitrogen and oxygen atoms in total. The highest BCUT2D eigenvalue weighted by molar-refractivity contribution is 9.10. The van der Waals surface area contributed by atoms with E-state index in [2.05, 4.69) is 31.3 Å². The molecular weight excluding hydrogens is 299 g/mol. The highest BCUT2D eigenvalue weighted by atomic mass is 79.9. The molecule has 0 aromatic heterocycles. The van der Waals surface area contributed by atoms with Gasteiger partial charge in [0.05, 0.1) is 12.8 Å². The maximum atomic E-state index is 13.3. The van der Waals surface area contributed by atoms with Crippen LogP contribution < -0.4 is 10.6 Å². The summed E-state index contributed by atoms with van der Waals surface area (Å²) in [7, 11) is 1.21. The molecular formula is C9H8BrFN2O2S. The zero-order valence-electron chi connectivity index (χ0n) is 8.21. The number of hydrogen-bond acceptors (Lipinski definition) is 3. The number of benzene rings is 1. The van der Waals surface area contributed by atoms with E-state index >= 15 is 0 Å². The van der Waals surface area contributed by atoms with Gasteiger partial charge in [-0.05, 0) is 30.4 Å². The van der Waals surface area contributed by atoms with Crippen LogP contribution in [0.3, 0.4) is 0 Å². The molecule has 0 fully saturated rings. The first-order valence-corrected chi connectivity index (χ1v) is 5.34. The van der Waals surface area contributed by atoms with Gasteiger partial charge in [-0.2, -0.15) is 0 Å². The number of amides is 1. The van der Waals surface area contributed by atoms with Gasteiger partial charge in [-0.25, -0.2) is 9.18 Å². The van der Waals surface area contributed by atoms with Crippen LogP contribution in [0.2, 0.25) is 0 Å². The van der Waals surface area contributed by atoms with Gasteiger partial charge in [0.1, 0.15) is 5.82 Å². The van der Waals surface area contributed by atoms with Gasteiger partial charge in [0, 0.05) is 4.47 Å². The van der Waals surface area contributed by atoms with Crippen LogP contribution in [0.25, 0.3) is 0 Å². The second kappa shape index (κ2) is 5.76. The van der Waals surface area contributed by atoms with Crippen LogP contribution >= 0.6 is 28.1 Å². The van der Waals surface area contributed by atoms with Gasteiger partial charge in [-0.1, -0.05) is 15.9 Å². The van der Waals surface area contributed by atoms with Gasteiger partial charge in [0.25, 0.3) is 0 Å². The first-order chi connectivity index (χ1) is 7.52. The lowest BCUT2D eigenvalue weighted by Crippen LogP contribution is -2.34. The summed E-state index contributed by atoms with van der Waals surface area (Å²) < 4.78 is 18.3. The third-order valence-corrected chi connectivity index (χ3v) is 2.28. The summed E-state index contributed by atoms with van der Waals surface area (Å²) in [6.45, 7) is 0. The number of nitrogens with one attached hydrogen (secondary N) is 2. The Morgan fingerprint density at radius 2 is 2.25 bits per heavy atom. The predicted molar refractivity (Wildman–Crippen MR) is 65.9 cm³/mol. The highest BCUT2D eigenvalue weighted by Gasteiger charge is 2.07. The minimum absolute atomic E-state index is 0.0342. The Morgan fingerprint density at radius 1 is 1.56 bits per heavy atom. The quantitative estimate of drug-likeness (QED) is 0.783. The molecule has 1 aromatic rings. The van der Waals surface area contributed by atoms with E-state index in [0.717, 1.165) is 0 Å². The Labute approximate surface area is 105 Å². The van der Waals surface area contributed by atoms with E-state index in [1.165, 1.54) is 19.2 Å². The third kappa shape index (κ3) is 3.74. The molecule has 0 atom stereocenters. The van der Waals surface area contributed by atoms with Gasteiger partial charge in [0.2, 0.25) is 0 Å². The van der Waals surface area contributed by atoms with E-state index in [9.17, 15) is 9.18 Å². The zero-order chi connectivity index (χ0) is 12.1. The Balaban J connectivity index is 2.66. The molecule has 0 radical (unpaired) electrons. The second-order valence-corrected chi connectivity index (χ2v) is 4.02. The summed E-state index contributed by atoms with van der Waals surface area (Å²) in [5.74, 6) is -0.483. The lowest BCUT2D eigenvalue weighted by atomic mass is 10.3. The minimum atomic E-state index is -0.713. The Kier molecular flexibility index (Phi) is 4.63. The lowest BCUT2D eigenvalue weighted by molar-refractivity contribution is 0.177. The smallest absolute Gasteiger partial charge is 0.413 e. The van der Waals surface area contributed by atoms with Crippen LogP contribution in [0.4, 0.5) is 14.9 Å². The van der Waals surface area contributed by atoms with Crippen molar-refractivity contribution in [2.45, 2.75) is 0 Å². The molecule has 0 saturated carbocycles. The number of ether oxygens (including phenoxy) is 1. The SMILES string of the molecule is COC(=O)NC(=S)Nc1ccc(Br)cc1F. The molecule has 1 amide bonds. The topological polar surface area (TPSA) is 50.4 Å². The minimum Gasteiger partial charge on any atom is -0.453 e. The average molecular weight is 307 g/mol. The molecule has 1 aromatic carbocycles. The van der Waals surface area contributed by atoms with E-state index < -0.39 is 11.9 Å². The van der Waals surface area contributed by atoms with Crippen molar-refractivity contribution >= 4 is 45.0 Å². The maximum absolute atomic E-state index is 13.3. The summed E-state index contributed by atoms with van der Waals surface area (Å²) in [4.78, 5) is 10.8. The van der Waals surface area contributed by atoms with Crippen molar-refractivity contribution in [3.8, 4) is 0 Å². The molecule has 0 aliphatic carbocycles. The first-order valence-electron chi connectivity index (χ1n) is 4.14. The number of halogens is 2. The average Bonchev–Trinajstić information content (AvgIpc) is 2.22. The Morgan fingerprint density at radius 3 is 2.81 bits per heavy atom. The summed E-state index contributed by atoms with van der Waals surface area (Å²) in [5.41, 5.74) is 0.171. The molecule has 86 valence electrons. The van der Waals surface area contributed by atoms with Crippen molar-refractivity contribution < 1.29 is 13.9 Å². The van der Waals surface area contributed by atoms with Crippen molar-refractivity contribution in [3.63, 3.8) is 0 Å². The summed E-state index contributed by atoms with van der Waals surface area (Å²) in [6.07, 6.45) is -0.713. The fraction of sp³-hybridized carbons (Fsp3) is 0.111. The Hall–Kier alpha value is -1.21. The molecule has 16 heavy (non-hydrogen) atoms. The van der Waals surface area contributed by atoms with Crippen LogP contribution in [0.1, 0.15) is 0 Å². The van der Waals surface area contributed by atoms with Crippen molar-refractivity contribution in [1.82, 2.24) is 5.32 Å². The van der Waals surface area contributed by atoms with E-state index in [4.69, 9.17) is 12.2 Å². The van der Waals surface area contributed by atoms with Gasteiger partial charge < -0.3 is 10.1 Å². The molecule has 1 rings (SSSR count). The molecule has 0 unspecified atom stereocenters. The summed E-state index contributed by atoms with van der Waals surface area (Å²) >= 11 is 7.89. The summed E-state index contributed by atoms with van der Waals surface area (Å²) in [6, 6.07) is 4.42. The number of rotatable bonds is 1. The zero-order valence-corrected chi connectivity index (χ0v) is 10.6. The number of hydrogen-bond donors (Lipinski definition) is 2. The molecule has 7 heteroatoms. The number of anilines is 1. The van der Waals surface area contributed by atoms with E-state index in [-0.39, 0.29) is 10.8 Å². The first kappa shape index (κ1) is 12.9. The number of thiocarbonyl (C=S) groups is 1. The summed E-state index contributed by atoms with van der Waals surface area (Å²) in [5, 5.41) is 4.69. The molecule has 0 bridgehead atoms. The van der Waals surface area contributed by atoms with Crippen molar-refractivity contribution in [1.29, 1.82) is 0 Å². The Bertz CT molecular complexity index is 428. The molecule has 2 N–H and O–H groups in total. The largest absolute Gasteiger partial charge is 0.453 e. The molecule has 0 spiro atoms. The fourth-order valence-electron chi connectivity index (χ4n) is 0.888. The molecule has 0 heterocycles. The number of alkyl carbamates (subject to hydrolysis) is 1. The number of carbonyl (C=O) groups is 1. The normalized spacial score (nSPS) is 9.44. The van der Waals surface area contributed by atoms with Crippen molar-refractivity contribution in [2.75, 3.05) is 12.4 Å². The lowest BCUT2D eigenvalue weighted by Gasteiger charge is -2.09. The predicted octanol–water partition coefficient (Wildman–Crippen LogP) is 2.64. The third-order valence-electron chi connectivity index (χ3n) is 1.58. The van der Waals surface area contributed by atoms with Crippen molar-refractivity contribution in [2.24, 2.45) is 0 Å². The number of carbonyl (C=O) groups excluding carboxylic acids is 1. The highest BCUT2D eigenvalue weighted by Crippen LogP contribution is 2.19. The molecule has 0 aliphatic rings. The van der Waals surface area contributed by atoms with Crippen LogP contribution in [0, 0.1) is 5.82 Å². The monoisotopic (exact) mass is 306 g/mol. The maximum Gasteiger partial charge on any atom is 0.413 e. The van der Waals surface area contributed by atoms with E-state index in [0.29, 0.717) is 4.47 Å². The van der Waals surface area contributed by atoms with Crippen LogP contribution in [0.5, 0.6) is 0 Å². The molecule has 0 aliphatic heterocycles. The van der Waals surface area contributed by atoms with Crippen LogP contribution in [-0.2, 0) is 4.74 Å².